The molecule has 0 spiro atoms. The van der Waals surface area contributed by atoms with Gasteiger partial charge in [-0.3, -0.25) is 9.59 Å². The zero-order valence-electron chi connectivity index (χ0n) is 10.5. The number of likely N-dealkylation sites (tertiary alicyclic amines) is 1. The SMILES string of the molecule is CN1CC(NC(=O)c2ccc(Cl)c(Cl)c2)CCC1=O. The molecule has 0 saturated carbocycles. The first-order chi connectivity index (χ1) is 8.97. The predicted octanol–water partition coefficient (Wildman–Crippen LogP) is 2.34. The number of carbonyl (C=O) groups is 2. The molecule has 1 saturated heterocycles. The highest BCUT2D eigenvalue weighted by molar-refractivity contribution is 6.42. The normalized spacial score (nSPS) is 19.4. The Labute approximate surface area is 121 Å². The number of likely N-dealkylation sites (N-methyl/N-ethyl adjacent to an activating group) is 1. The second kappa shape index (κ2) is 5.80. The molecule has 1 aromatic carbocycles. The van der Waals surface area contributed by atoms with E-state index in [4.69, 9.17) is 23.2 Å². The topological polar surface area (TPSA) is 49.4 Å². The molecule has 0 radical (unpaired) electrons. The van der Waals surface area contributed by atoms with Gasteiger partial charge in [-0.25, -0.2) is 0 Å². The molecule has 0 bridgehead atoms. The number of nitrogens with one attached hydrogen (secondary N) is 1. The Morgan fingerprint density at radius 2 is 2.11 bits per heavy atom. The van der Waals surface area contributed by atoms with Crippen LogP contribution in [0.1, 0.15) is 23.2 Å². The number of rotatable bonds is 2. The first kappa shape index (κ1) is 14.2. The molecule has 1 aromatic rings. The Morgan fingerprint density at radius 3 is 2.74 bits per heavy atom. The summed E-state index contributed by atoms with van der Waals surface area (Å²) in [6.45, 7) is 0.534. The first-order valence-electron chi connectivity index (χ1n) is 5.97. The summed E-state index contributed by atoms with van der Waals surface area (Å²) in [6, 6.07) is 4.73. The van der Waals surface area contributed by atoms with Crippen LogP contribution in [0.5, 0.6) is 0 Å². The highest BCUT2D eigenvalue weighted by Gasteiger charge is 2.24. The Kier molecular flexibility index (Phi) is 4.32. The molecule has 19 heavy (non-hydrogen) atoms. The molecule has 1 fully saturated rings. The van der Waals surface area contributed by atoms with Crippen molar-refractivity contribution in [1.82, 2.24) is 10.2 Å². The standard InChI is InChI=1S/C13H14Cl2N2O2/c1-17-7-9(3-5-12(17)18)16-13(19)8-2-4-10(14)11(15)6-8/h2,4,6,9H,3,5,7H2,1H3,(H,16,19). The minimum Gasteiger partial charge on any atom is -0.348 e. The van der Waals surface area contributed by atoms with Gasteiger partial charge >= 0.3 is 0 Å². The molecule has 1 heterocycles. The number of amides is 2. The third-order valence-electron chi connectivity index (χ3n) is 3.14. The summed E-state index contributed by atoms with van der Waals surface area (Å²) in [7, 11) is 1.74. The van der Waals surface area contributed by atoms with Gasteiger partial charge in [0.25, 0.3) is 5.91 Å². The lowest BCUT2D eigenvalue weighted by atomic mass is 10.1. The van der Waals surface area contributed by atoms with E-state index < -0.39 is 0 Å². The number of carbonyl (C=O) groups excluding carboxylic acids is 2. The summed E-state index contributed by atoms with van der Waals surface area (Å²) in [5.74, 6) is -0.0913. The van der Waals surface area contributed by atoms with Gasteiger partial charge in [-0.1, -0.05) is 23.2 Å². The van der Waals surface area contributed by atoms with Gasteiger partial charge in [0.1, 0.15) is 0 Å². The quantitative estimate of drug-likeness (QED) is 0.911. The van der Waals surface area contributed by atoms with Gasteiger partial charge < -0.3 is 10.2 Å². The van der Waals surface area contributed by atoms with Crippen LogP contribution in [-0.2, 0) is 4.79 Å². The van der Waals surface area contributed by atoms with Crippen LogP contribution < -0.4 is 5.32 Å². The summed E-state index contributed by atoms with van der Waals surface area (Å²) < 4.78 is 0. The lowest BCUT2D eigenvalue weighted by Gasteiger charge is -2.30. The lowest BCUT2D eigenvalue weighted by Crippen LogP contribution is -2.48. The minimum absolute atomic E-state index is 0.0235. The Morgan fingerprint density at radius 1 is 1.37 bits per heavy atom. The molecule has 6 heteroatoms. The fraction of sp³-hybridized carbons (Fsp3) is 0.385. The van der Waals surface area contributed by atoms with Crippen molar-refractivity contribution in [3.63, 3.8) is 0 Å². The summed E-state index contributed by atoms with van der Waals surface area (Å²) in [6.07, 6.45) is 1.12. The molecule has 102 valence electrons. The van der Waals surface area contributed by atoms with Crippen LogP contribution in [-0.4, -0.2) is 36.3 Å². The maximum atomic E-state index is 12.0. The van der Waals surface area contributed by atoms with E-state index in [-0.39, 0.29) is 17.9 Å². The molecule has 0 aromatic heterocycles. The number of nitrogens with zero attached hydrogens (tertiary/aromatic N) is 1. The third kappa shape index (κ3) is 3.39. The van der Waals surface area contributed by atoms with Crippen LogP contribution in [0.2, 0.25) is 10.0 Å². The van der Waals surface area contributed by atoms with Crippen molar-refractivity contribution in [2.75, 3.05) is 13.6 Å². The van der Waals surface area contributed by atoms with Crippen molar-refractivity contribution >= 4 is 35.0 Å². The largest absolute Gasteiger partial charge is 0.348 e. The molecule has 1 aliphatic heterocycles. The monoisotopic (exact) mass is 300 g/mol. The van der Waals surface area contributed by atoms with Crippen LogP contribution in [0.15, 0.2) is 18.2 Å². The molecule has 1 N–H and O–H groups in total. The fourth-order valence-electron chi connectivity index (χ4n) is 2.04. The van der Waals surface area contributed by atoms with E-state index in [0.29, 0.717) is 35.0 Å². The minimum atomic E-state index is -0.202. The zero-order chi connectivity index (χ0) is 14.0. The van der Waals surface area contributed by atoms with Crippen molar-refractivity contribution in [2.24, 2.45) is 0 Å². The second-order valence-corrected chi connectivity index (χ2v) is 5.43. The van der Waals surface area contributed by atoms with Gasteiger partial charge in [0.2, 0.25) is 5.91 Å². The lowest BCUT2D eigenvalue weighted by molar-refractivity contribution is -0.132. The average molecular weight is 301 g/mol. The smallest absolute Gasteiger partial charge is 0.251 e. The molecular formula is C13H14Cl2N2O2. The Balaban J connectivity index is 2.01. The van der Waals surface area contributed by atoms with Crippen LogP contribution in [0.3, 0.4) is 0 Å². The number of halogens is 2. The molecule has 1 unspecified atom stereocenters. The average Bonchev–Trinajstić information content (AvgIpc) is 2.37. The number of benzene rings is 1. The molecule has 4 nitrogen and oxygen atoms in total. The maximum Gasteiger partial charge on any atom is 0.251 e. The van der Waals surface area contributed by atoms with E-state index >= 15 is 0 Å². The summed E-state index contributed by atoms with van der Waals surface area (Å²) >= 11 is 11.7. The van der Waals surface area contributed by atoms with E-state index in [0.717, 1.165) is 0 Å². The number of piperidine rings is 1. The van der Waals surface area contributed by atoms with Crippen LogP contribution in [0, 0.1) is 0 Å². The van der Waals surface area contributed by atoms with Crippen molar-refractivity contribution in [2.45, 2.75) is 18.9 Å². The van der Waals surface area contributed by atoms with Crippen molar-refractivity contribution in [3.05, 3.63) is 33.8 Å². The van der Waals surface area contributed by atoms with Crippen LogP contribution in [0.25, 0.3) is 0 Å². The highest BCUT2D eigenvalue weighted by atomic mass is 35.5. The van der Waals surface area contributed by atoms with Gasteiger partial charge in [0, 0.05) is 31.6 Å². The van der Waals surface area contributed by atoms with E-state index in [1.54, 1.807) is 24.1 Å². The van der Waals surface area contributed by atoms with Crippen molar-refractivity contribution in [1.29, 1.82) is 0 Å². The van der Waals surface area contributed by atoms with Gasteiger partial charge in [-0.2, -0.15) is 0 Å². The van der Waals surface area contributed by atoms with E-state index in [1.807, 2.05) is 0 Å². The first-order valence-corrected chi connectivity index (χ1v) is 6.73. The van der Waals surface area contributed by atoms with Gasteiger partial charge in [-0.15, -0.1) is 0 Å². The zero-order valence-corrected chi connectivity index (χ0v) is 12.0. The number of hydrogen-bond acceptors (Lipinski definition) is 2. The summed E-state index contributed by atoms with van der Waals surface area (Å²) in [5.41, 5.74) is 0.467. The maximum absolute atomic E-state index is 12.0. The fourth-order valence-corrected chi connectivity index (χ4v) is 2.33. The summed E-state index contributed by atoms with van der Waals surface area (Å²) in [4.78, 5) is 25.0. The van der Waals surface area contributed by atoms with E-state index in [9.17, 15) is 9.59 Å². The van der Waals surface area contributed by atoms with Crippen LogP contribution >= 0.6 is 23.2 Å². The Hall–Kier alpha value is -1.26. The van der Waals surface area contributed by atoms with Gasteiger partial charge in [0.05, 0.1) is 10.0 Å². The molecule has 1 aliphatic rings. The second-order valence-electron chi connectivity index (χ2n) is 4.61. The van der Waals surface area contributed by atoms with Gasteiger partial charge in [0.15, 0.2) is 0 Å². The predicted molar refractivity (Wildman–Crippen MR) is 74.6 cm³/mol. The molecule has 0 aliphatic carbocycles. The molecular weight excluding hydrogens is 287 g/mol. The number of hydrogen-bond donors (Lipinski definition) is 1. The third-order valence-corrected chi connectivity index (χ3v) is 3.88. The molecule has 2 rings (SSSR count). The Bertz CT molecular complexity index is 519. The molecule has 1 atom stereocenters. The molecule has 2 amide bonds. The van der Waals surface area contributed by atoms with Crippen molar-refractivity contribution in [3.8, 4) is 0 Å². The van der Waals surface area contributed by atoms with Crippen LogP contribution in [0.4, 0.5) is 0 Å². The summed E-state index contributed by atoms with van der Waals surface area (Å²) in [5, 5.41) is 3.67. The van der Waals surface area contributed by atoms with Gasteiger partial charge in [-0.05, 0) is 24.6 Å². The van der Waals surface area contributed by atoms with E-state index in [2.05, 4.69) is 5.32 Å². The van der Waals surface area contributed by atoms with Crippen molar-refractivity contribution < 1.29 is 9.59 Å². The highest BCUT2D eigenvalue weighted by Crippen LogP contribution is 2.22. The van der Waals surface area contributed by atoms with E-state index in [1.165, 1.54) is 6.07 Å².